The Bertz CT molecular complexity index is 1270. The van der Waals surface area contributed by atoms with Gasteiger partial charge in [0.2, 0.25) is 17.7 Å². The summed E-state index contributed by atoms with van der Waals surface area (Å²) in [5.74, 6) is -2.88. The maximum absolute atomic E-state index is 12.3. The molecule has 0 radical (unpaired) electrons. The van der Waals surface area contributed by atoms with Gasteiger partial charge >= 0.3 is 17.9 Å². The van der Waals surface area contributed by atoms with Gasteiger partial charge in [-0.25, -0.2) is 0 Å². The van der Waals surface area contributed by atoms with Gasteiger partial charge in [-0.3, -0.25) is 33.6 Å². The van der Waals surface area contributed by atoms with Crippen molar-refractivity contribution in [2.45, 2.75) is 116 Å². The van der Waals surface area contributed by atoms with Crippen LogP contribution in [0, 0.1) is 5.92 Å². The predicted molar refractivity (Wildman–Crippen MR) is 207 cm³/mol. The summed E-state index contributed by atoms with van der Waals surface area (Å²) in [6.45, 7) is 9.02. The first-order valence-corrected chi connectivity index (χ1v) is 19.8. The minimum atomic E-state index is -1.07. The molecule has 0 aliphatic carbocycles. The highest BCUT2D eigenvalue weighted by Gasteiger charge is 2.48. The molecule has 0 aromatic carbocycles. The average Bonchev–Trinajstić information content (AvgIpc) is 3.15. The van der Waals surface area contributed by atoms with Crippen molar-refractivity contribution in [3.63, 3.8) is 0 Å². The zero-order chi connectivity index (χ0) is 43.3. The summed E-state index contributed by atoms with van der Waals surface area (Å²) in [5, 5.41) is 8.34. The highest BCUT2D eigenvalue weighted by molar-refractivity contribution is 5.77. The Kier molecular flexibility index (Phi) is 27.3. The molecule has 334 valence electrons. The van der Waals surface area contributed by atoms with Crippen LogP contribution < -0.4 is 27.4 Å². The molecule has 58 heavy (non-hydrogen) atoms. The van der Waals surface area contributed by atoms with Crippen LogP contribution in [0.3, 0.4) is 0 Å². The lowest BCUT2D eigenvalue weighted by Crippen LogP contribution is -2.58. The SMILES string of the molecule is CC(=O)CCOCC(N)(COCCC(=O)NCCCN)COCCC(=O)NCCCNC(=O)CCCCO[C@@H]1OC(COC(C)=O)[C@H](OC(C)=O)C(OC(C)=O)C1C. The average molecular weight is 834 g/mol. The lowest BCUT2D eigenvalue weighted by Gasteiger charge is -2.43. The highest BCUT2D eigenvalue weighted by Crippen LogP contribution is 2.32. The number of rotatable bonds is 32. The van der Waals surface area contributed by atoms with Crippen molar-refractivity contribution in [3.8, 4) is 0 Å². The summed E-state index contributed by atoms with van der Waals surface area (Å²) in [6.07, 6.45) is -0.801. The van der Waals surface area contributed by atoms with Crippen molar-refractivity contribution < 1.29 is 71.5 Å². The van der Waals surface area contributed by atoms with Crippen LogP contribution in [-0.4, -0.2) is 151 Å². The Hall–Kier alpha value is -3.79. The smallest absolute Gasteiger partial charge is 0.303 e. The lowest BCUT2D eigenvalue weighted by molar-refractivity contribution is -0.288. The summed E-state index contributed by atoms with van der Waals surface area (Å²) in [7, 11) is 0. The molecule has 0 aromatic heterocycles. The maximum atomic E-state index is 12.3. The van der Waals surface area contributed by atoms with E-state index in [-0.39, 0.29) is 102 Å². The number of hydrogen-bond donors (Lipinski definition) is 5. The van der Waals surface area contributed by atoms with Gasteiger partial charge in [0, 0.05) is 78.6 Å². The van der Waals surface area contributed by atoms with E-state index in [9.17, 15) is 33.6 Å². The fourth-order valence-electron chi connectivity index (χ4n) is 5.49. The Morgan fingerprint density at radius 2 is 1.12 bits per heavy atom. The molecule has 1 heterocycles. The van der Waals surface area contributed by atoms with Crippen molar-refractivity contribution in [3.05, 3.63) is 0 Å². The van der Waals surface area contributed by atoms with Crippen LogP contribution in [0.1, 0.15) is 86.0 Å². The molecule has 1 rings (SSSR count). The number of ether oxygens (including phenoxy) is 8. The first-order chi connectivity index (χ1) is 27.6. The topological polar surface area (TPSA) is 281 Å². The van der Waals surface area contributed by atoms with E-state index in [1.807, 2.05) is 0 Å². The molecule has 6 atom stereocenters. The van der Waals surface area contributed by atoms with Gasteiger partial charge in [-0.15, -0.1) is 0 Å². The fraction of sp³-hybridized carbons (Fsp3) is 0.816. The van der Waals surface area contributed by atoms with Gasteiger partial charge in [0.1, 0.15) is 24.6 Å². The Morgan fingerprint density at radius 1 is 0.621 bits per heavy atom. The van der Waals surface area contributed by atoms with E-state index < -0.39 is 54.0 Å². The summed E-state index contributed by atoms with van der Waals surface area (Å²) in [5.41, 5.74) is 10.8. The maximum Gasteiger partial charge on any atom is 0.303 e. The first kappa shape index (κ1) is 52.2. The molecule has 0 aromatic rings. The third-order valence-corrected chi connectivity index (χ3v) is 8.50. The van der Waals surface area contributed by atoms with E-state index in [2.05, 4.69) is 16.0 Å². The van der Waals surface area contributed by atoms with E-state index in [4.69, 9.17) is 49.4 Å². The predicted octanol–water partition coefficient (Wildman–Crippen LogP) is -0.445. The molecule has 1 saturated heterocycles. The van der Waals surface area contributed by atoms with Gasteiger partial charge in [-0.2, -0.15) is 0 Å². The van der Waals surface area contributed by atoms with E-state index in [0.29, 0.717) is 51.9 Å². The van der Waals surface area contributed by atoms with Crippen molar-refractivity contribution in [1.29, 1.82) is 0 Å². The van der Waals surface area contributed by atoms with Crippen LogP contribution in [0.4, 0.5) is 0 Å². The van der Waals surface area contributed by atoms with Crippen molar-refractivity contribution in [1.82, 2.24) is 16.0 Å². The molecule has 3 amide bonds. The largest absolute Gasteiger partial charge is 0.463 e. The summed E-state index contributed by atoms with van der Waals surface area (Å²) >= 11 is 0. The second-order valence-electron chi connectivity index (χ2n) is 14.2. The molecule has 0 spiro atoms. The van der Waals surface area contributed by atoms with Crippen LogP contribution in [0.2, 0.25) is 0 Å². The number of esters is 3. The number of unbranched alkanes of at least 4 members (excludes halogenated alkanes) is 1. The van der Waals surface area contributed by atoms with Gasteiger partial charge < -0.3 is 65.3 Å². The summed E-state index contributed by atoms with van der Waals surface area (Å²) in [4.78, 5) is 82.9. The molecule has 20 heteroatoms. The molecule has 4 unspecified atom stereocenters. The van der Waals surface area contributed by atoms with Gasteiger partial charge in [0.15, 0.2) is 12.4 Å². The third-order valence-electron chi connectivity index (χ3n) is 8.50. The number of nitrogens with one attached hydrogen (secondary N) is 3. The molecule has 1 aliphatic heterocycles. The molecule has 1 aliphatic rings. The monoisotopic (exact) mass is 833 g/mol. The number of Topliss-reactive ketones (excluding diaryl/α,β-unsaturated/α-hetero) is 1. The van der Waals surface area contributed by atoms with Crippen molar-refractivity contribution in [2.24, 2.45) is 17.4 Å². The van der Waals surface area contributed by atoms with E-state index in [1.165, 1.54) is 27.7 Å². The van der Waals surface area contributed by atoms with E-state index >= 15 is 0 Å². The van der Waals surface area contributed by atoms with Crippen LogP contribution in [0.25, 0.3) is 0 Å². The number of carbonyl (C=O) groups excluding carboxylic acids is 7. The first-order valence-electron chi connectivity index (χ1n) is 19.8. The van der Waals surface area contributed by atoms with Crippen LogP contribution >= 0.6 is 0 Å². The zero-order valence-electron chi connectivity index (χ0n) is 34.8. The van der Waals surface area contributed by atoms with Crippen molar-refractivity contribution in [2.75, 3.05) is 79.0 Å². The van der Waals surface area contributed by atoms with E-state index in [0.717, 1.165) is 0 Å². The number of amides is 3. The number of nitrogens with two attached hydrogens (primary N) is 2. The lowest BCUT2D eigenvalue weighted by atomic mass is 9.92. The third kappa shape index (κ3) is 24.9. The van der Waals surface area contributed by atoms with Gasteiger partial charge in [-0.1, -0.05) is 6.92 Å². The molecule has 0 saturated carbocycles. The number of hydrogen-bond acceptors (Lipinski definition) is 17. The van der Waals surface area contributed by atoms with Crippen LogP contribution in [0.15, 0.2) is 0 Å². The molecule has 0 bridgehead atoms. The highest BCUT2D eigenvalue weighted by atomic mass is 16.7. The second-order valence-corrected chi connectivity index (χ2v) is 14.2. The molecular formula is C38H67N5O15. The fourth-order valence-corrected chi connectivity index (χ4v) is 5.49. The zero-order valence-corrected chi connectivity index (χ0v) is 34.8. The van der Waals surface area contributed by atoms with Crippen molar-refractivity contribution >= 4 is 41.4 Å². The van der Waals surface area contributed by atoms with Gasteiger partial charge in [0.25, 0.3) is 0 Å². The second kappa shape index (κ2) is 30.3. The Morgan fingerprint density at radius 3 is 1.62 bits per heavy atom. The minimum Gasteiger partial charge on any atom is -0.463 e. The van der Waals surface area contributed by atoms with Crippen LogP contribution in [-0.2, 0) is 71.5 Å². The Balaban J connectivity index is 2.35. The number of carbonyl (C=O) groups is 7. The summed E-state index contributed by atoms with van der Waals surface area (Å²) in [6, 6.07) is 0. The minimum absolute atomic E-state index is 0.0153. The molecule has 7 N–H and O–H groups in total. The van der Waals surface area contributed by atoms with Gasteiger partial charge in [-0.05, 0) is 39.2 Å². The quantitative estimate of drug-likeness (QED) is 0.0326. The number of ketones is 1. The van der Waals surface area contributed by atoms with Gasteiger partial charge in [0.05, 0.1) is 45.2 Å². The Labute approximate surface area is 341 Å². The molecule has 1 fully saturated rings. The standard InChI is InChI=1S/C38H67N5O15/c1-26(44)11-19-51-23-38(40,24-52-20-12-33(49)41-15-8-14-39)25-53-21-13-34(50)43-17-9-16-42-32(48)10-6-7-18-54-37-27(2)35(56-29(4)46)36(57-30(5)47)31(58-37)22-55-28(3)45/h27,31,35-37H,6-25,39-40H2,1-5H3,(H,41,49)(H,42,48)(H,43,50)/t27?,31?,35?,36-,37+,38?/m0/s1. The summed E-state index contributed by atoms with van der Waals surface area (Å²) < 4.78 is 44.7. The molecular weight excluding hydrogens is 766 g/mol. The van der Waals surface area contributed by atoms with E-state index in [1.54, 1.807) is 6.92 Å². The normalized spacial score (nSPS) is 19.9. The van der Waals surface area contributed by atoms with Crippen LogP contribution in [0.5, 0.6) is 0 Å². The molecule has 20 nitrogen and oxygen atoms in total.